The molecule has 3 heterocycles. The Bertz CT molecular complexity index is 1020. The Kier molecular flexibility index (Phi) is 3.57. The molecule has 0 atom stereocenters. The van der Waals surface area contributed by atoms with Gasteiger partial charge >= 0.3 is 0 Å². The minimum atomic E-state index is -0.157. The van der Waals surface area contributed by atoms with Crippen molar-refractivity contribution in [3.8, 4) is 11.5 Å². The van der Waals surface area contributed by atoms with Crippen LogP contribution in [0.25, 0.3) is 10.2 Å². The van der Waals surface area contributed by atoms with E-state index in [-0.39, 0.29) is 5.56 Å². The van der Waals surface area contributed by atoms with Crippen molar-refractivity contribution in [2.45, 2.75) is 13.8 Å². The molecule has 122 valence electrons. The number of hydrogen-bond donors (Lipinski definition) is 0. The van der Waals surface area contributed by atoms with Crippen LogP contribution in [0.15, 0.2) is 34.4 Å². The molecule has 3 aromatic rings. The second-order valence-electron chi connectivity index (χ2n) is 5.51. The standard InChI is InChI=1S/C17H15N3O3S/c1-10-11(2)24-16-15(10)17(21)20(9-18-16)19-8-12-3-4-13-14(7-12)23-6-5-22-13/h3-4,7-9H,5-6H2,1-2H3. The summed E-state index contributed by atoms with van der Waals surface area (Å²) in [6, 6.07) is 5.55. The van der Waals surface area contributed by atoms with Crippen LogP contribution in [0.3, 0.4) is 0 Å². The molecule has 7 heteroatoms. The van der Waals surface area contributed by atoms with E-state index >= 15 is 0 Å². The molecule has 0 unspecified atom stereocenters. The van der Waals surface area contributed by atoms with Crippen molar-refractivity contribution in [3.05, 3.63) is 50.9 Å². The number of aryl methyl sites for hydroxylation is 2. The van der Waals surface area contributed by atoms with Crippen LogP contribution in [0, 0.1) is 13.8 Å². The van der Waals surface area contributed by atoms with Gasteiger partial charge in [-0.25, -0.2) is 4.98 Å². The number of thiophene rings is 1. The summed E-state index contributed by atoms with van der Waals surface area (Å²) in [6.07, 6.45) is 3.07. The molecule has 2 aromatic heterocycles. The molecular formula is C17H15N3O3S. The van der Waals surface area contributed by atoms with Gasteiger partial charge in [-0.3, -0.25) is 4.79 Å². The van der Waals surface area contributed by atoms with Crippen molar-refractivity contribution in [1.82, 2.24) is 9.66 Å². The Morgan fingerprint density at radius 3 is 2.88 bits per heavy atom. The van der Waals surface area contributed by atoms with Gasteiger partial charge in [0.2, 0.25) is 0 Å². The normalized spacial score (nSPS) is 13.8. The lowest BCUT2D eigenvalue weighted by Crippen LogP contribution is -2.17. The number of rotatable bonds is 2. The second kappa shape index (κ2) is 5.76. The van der Waals surface area contributed by atoms with Crippen LogP contribution in [-0.2, 0) is 0 Å². The van der Waals surface area contributed by atoms with Crippen molar-refractivity contribution in [2.75, 3.05) is 13.2 Å². The molecule has 0 bridgehead atoms. The summed E-state index contributed by atoms with van der Waals surface area (Å²) in [5, 5.41) is 4.89. The lowest BCUT2D eigenvalue weighted by molar-refractivity contribution is 0.171. The van der Waals surface area contributed by atoms with E-state index in [9.17, 15) is 4.79 Å². The molecule has 1 aliphatic heterocycles. The van der Waals surface area contributed by atoms with E-state index in [4.69, 9.17) is 9.47 Å². The van der Waals surface area contributed by atoms with E-state index in [0.717, 1.165) is 26.6 Å². The van der Waals surface area contributed by atoms with Crippen molar-refractivity contribution in [2.24, 2.45) is 5.10 Å². The first-order chi connectivity index (χ1) is 11.6. The third-order valence-corrected chi connectivity index (χ3v) is 5.09. The molecule has 1 aliphatic rings. The summed E-state index contributed by atoms with van der Waals surface area (Å²) >= 11 is 1.52. The fraction of sp³-hybridized carbons (Fsp3) is 0.235. The summed E-state index contributed by atoms with van der Waals surface area (Å²) in [5.74, 6) is 1.42. The van der Waals surface area contributed by atoms with E-state index in [2.05, 4.69) is 10.1 Å². The Morgan fingerprint density at radius 1 is 1.25 bits per heavy atom. The zero-order valence-electron chi connectivity index (χ0n) is 13.3. The van der Waals surface area contributed by atoms with Gasteiger partial charge in [-0.05, 0) is 43.2 Å². The Hall–Kier alpha value is -2.67. The maximum Gasteiger partial charge on any atom is 0.282 e. The van der Waals surface area contributed by atoms with E-state index in [1.807, 2.05) is 32.0 Å². The van der Waals surface area contributed by atoms with E-state index in [1.54, 1.807) is 6.21 Å². The summed E-state index contributed by atoms with van der Waals surface area (Å²) in [4.78, 5) is 18.8. The molecule has 6 nitrogen and oxygen atoms in total. The lowest BCUT2D eigenvalue weighted by Gasteiger charge is -2.18. The molecule has 0 spiro atoms. The predicted molar refractivity (Wildman–Crippen MR) is 93.8 cm³/mol. The molecule has 1 aromatic carbocycles. The summed E-state index contributed by atoms with van der Waals surface area (Å²) in [6.45, 7) is 5.02. The number of benzene rings is 1. The molecule has 0 amide bonds. The van der Waals surface area contributed by atoms with Gasteiger partial charge in [0.05, 0.1) is 11.6 Å². The highest BCUT2D eigenvalue weighted by atomic mass is 32.1. The molecule has 0 radical (unpaired) electrons. The fourth-order valence-corrected chi connectivity index (χ4v) is 3.56. The number of ether oxygens (including phenoxy) is 2. The zero-order chi connectivity index (χ0) is 16.7. The molecule has 0 aliphatic carbocycles. The van der Waals surface area contributed by atoms with Crippen LogP contribution in [0.1, 0.15) is 16.0 Å². The number of aromatic nitrogens is 2. The van der Waals surface area contributed by atoms with Crippen LogP contribution in [0.5, 0.6) is 11.5 Å². The zero-order valence-corrected chi connectivity index (χ0v) is 14.1. The van der Waals surface area contributed by atoms with Crippen molar-refractivity contribution >= 4 is 27.8 Å². The number of fused-ring (bicyclic) bond motifs is 2. The monoisotopic (exact) mass is 341 g/mol. The van der Waals surface area contributed by atoms with E-state index in [0.29, 0.717) is 24.3 Å². The van der Waals surface area contributed by atoms with Gasteiger partial charge in [0, 0.05) is 4.88 Å². The SMILES string of the molecule is Cc1sc2ncn(N=Cc3ccc4c(c3)OCCO4)c(=O)c2c1C. The topological polar surface area (TPSA) is 65.7 Å². The third kappa shape index (κ3) is 2.46. The quantitative estimate of drug-likeness (QED) is 0.672. The first kappa shape index (κ1) is 14.9. The lowest BCUT2D eigenvalue weighted by atomic mass is 10.2. The van der Waals surface area contributed by atoms with Gasteiger partial charge in [0.1, 0.15) is 24.4 Å². The largest absolute Gasteiger partial charge is 0.486 e. The average molecular weight is 341 g/mol. The van der Waals surface area contributed by atoms with E-state index < -0.39 is 0 Å². The first-order valence-corrected chi connectivity index (χ1v) is 8.36. The highest BCUT2D eigenvalue weighted by Crippen LogP contribution is 2.30. The Morgan fingerprint density at radius 2 is 2.04 bits per heavy atom. The van der Waals surface area contributed by atoms with Crippen LogP contribution in [0.2, 0.25) is 0 Å². The van der Waals surface area contributed by atoms with E-state index in [1.165, 1.54) is 22.3 Å². The third-order valence-electron chi connectivity index (χ3n) is 3.97. The van der Waals surface area contributed by atoms with Gasteiger partial charge in [-0.1, -0.05) is 0 Å². The molecule has 24 heavy (non-hydrogen) atoms. The van der Waals surface area contributed by atoms with Crippen LogP contribution in [0.4, 0.5) is 0 Å². The predicted octanol–water partition coefficient (Wildman–Crippen LogP) is 2.73. The maximum absolute atomic E-state index is 12.6. The van der Waals surface area contributed by atoms with Crippen molar-refractivity contribution in [1.29, 1.82) is 0 Å². The van der Waals surface area contributed by atoms with Gasteiger partial charge in [-0.2, -0.15) is 9.78 Å². The smallest absolute Gasteiger partial charge is 0.282 e. The van der Waals surface area contributed by atoms with Gasteiger partial charge in [0.25, 0.3) is 5.56 Å². The van der Waals surface area contributed by atoms with Crippen molar-refractivity contribution < 1.29 is 9.47 Å². The van der Waals surface area contributed by atoms with Gasteiger partial charge in [-0.15, -0.1) is 11.3 Å². The summed E-state index contributed by atoms with van der Waals surface area (Å²) < 4.78 is 12.3. The molecule has 4 rings (SSSR count). The van der Waals surface area contributed by atoms with Crippen molar-refractivity contribution in [3.63, 3.8) is 0 Å². The minimum Gasteiger partial charge on any atom is -0.486 e. The summed E-state index contributed by atoms with van der Waals surface area (Å²) in [7, 11) is 0. The van der Waals surface area contributed by atoms with Crippen LogP contribution < -0.4 is 15.0 Å². The summed E-state index contributed by atoms with van der Waals surface area (Å²) in [5.41, 5.74) is 1.64. The van der Waals surface area contributed by atoms with Crippen LogP contribution in [-0.4, -0.2) is 29.1 Å². The highest BCUT2D eigenvalue weighted by Gasteiger charge is 2.12. The Balaban J connectivity index is 1.71. The maximum atomic E-state index is 12.6. The molecule has 0 saturated heterocycles. The molecular weight excluding hydrogens is 326 g/mol. The average Bonchev–Trinajstić information content (AvgIpc) is 2.89. The van der Waals surface area contributed by atoms with Gasteiger partial charge in [0.15, 0.2) is 11.5 Å². The first-order valence-electron chi connectivity index (χ1n) is 7.55. The number of nitrogens with zero attached hydrogens (tertiary/aromatic N) is 3. The fourth-order valence-electron chi connectivity index (χ4n) is 2.58. The van der Waals surface area contributed by atoms with Gasteiger partial charge < -0.3 is 9.47 Å². The molecule has 0 fully saturated rings. The Labute approximate surface area is 142 Å². The molecule has 0 N–H and O–H groups in total. The highest BCUT2D eigenvalue weighted by molar-refractivity contribution is 7.18. The second-order valence-corrected chi connectivity index (χ2v) is 6.71. The van der Waals surface area contributed by atoms with Crippen LogP contribution >= 0.6 is 11.3 Å². The molecule has 0 saturated carbocycles. The number of hydrogen-bond acceptors (Lipinski definition) is 6. The minimum absolute atomic E-state index is 0.157.